The molecule has 184 valence electrons. The summed E-state index contributed by atoms with van der Waals surface area (Å²) in [6.45, 7) is 7.99. The van der Waals surface area contributed by atoms with Crippen molar-refractivity contribution in [3.05, 3.63) is 65.7 Å². The summed E-state index contributed by atoms with van der Waals surface area (Å²) in [7, 11) is 1.76. The van der Waals surface area contributed by atoms with E-state index in [1.807, 2.05) is 24.3 Å². The fourth-order valence-electron chi connectivity index (χ4n) is 5.38. The van der Waals surface area contributed by atoms with Crippen molar-refractivity contribution in [1.29, 1.82) is 0 Å². The Kier molecular flexibility index (Phi) is 8.97. The predicted molar refractivity (Wildman–Crippen MR) is 137 cm³/mol. The second kappa shape index (κ2) is 12.3. The van der Waals surface area contributed by atoms with Gasteiger partial charge in [0.2, 0.25) is 5.91 Å². The minimum Gasteiger partial charge on any atom is -0.489 e. The van der Waals surface area contributed by atoms with Gasteiger partial charge < -0.3 is 20.3 Å². The molecule has 34 heavy (non-hydrogen) atoms. The third-order valence-corrected chi connectivity index (χ3v) is 7.20. The second-order valence-corrected chi connectivity index (χ2v) is 9.63. The molecule has 2 heterocycles. The number of nitrogens with zero attached hydrogens (tertiary/aromatic N) is 2. The van der Waals surface area contributed by atoms with Gasteiger partial charge in [0.1, 0.15) is 12.4 Å². The second-order valence-electron chi connectivity index (χ2n) is 9.63. The van der Waals surface area contributed by atoms with E-state index in [1.165, 1.54) is 18.5 Å². The fraction of sp³-hybridized carbons (Fsp3) is 0.536. The minimum atomic E-state index is -0.0363. The van der Waals surface area contributed by atoms with Crippen LogP contribution in [0.3, 0.4) is 0 Å². The Balaban J connectivity index is 1.31. The van der Waals surface area contributed by atoms with Gasteiger partial charge in [0, 0.05) is 32.2 Å². The molecule has 0 aromatic heterocycles. The van der Waals surface area contributed by atoms with E-state index in [0.717, 1.165) is 56.8 Å². The Labute approximate surface area is 204 Å². The highest BCUT2D eigenvalue weighted by atomic mass is 16.5. The topological polar surface area (TPSA) is 56.8 Å². The zero-order valence-corrected chi connectivity index (χ0v) is 20.7. The van der Waals surface area contributed by atoms with Crippen molar-refractivity contribution in [2.45, 2.75) is 63.9 Å². The number of rotatable bonds is 10. The molecule has 2 saturated heterocycles. The summed E-state index contributed by atoms with van der Waals surface area (Å²) >= 11 is 0. The average molecular weight is 465 g/mol. The summed E-state index contributed by atoms with van der Waals surface area (Å²) in [5, 5.41) is 6.62. The normalized spacial score (nSPS) is 22.1. The molecule has 0 saturated carbocycles. The lowest BCUT2D eigenvalue weighted by atomic mass is 10.0. The van der Waals surface area contributed by atoms with Crippen molar-refractivity contribution in [2.75, 3.05) is 33.2 Å². The van der Waals surface area contributed by atoms with Crippen LogP contribution >= 0.6 is 0 Å². The highest BCUT2D eigenvalue weighted by molar-refractivity contribution is 5.82. The zero-order valence-electron chi connectivity index (χ0n) is 20.7. The molecular formula is C28H40N4O2. The summed E-state index contributed by atoms with van der Waals surface area (Å²) in [5.41, 5.74) is 2.37. The van der Waals surface area contributed by atoms with Gasteiger partial charge in [0.05, 0.1) is 6.04 Å². The van der Waals surface area contributed by atoms with Crippen LogP contribution in [0.4, 0.5) is 0 Å². The van der Waals surface area contributed by atoms with E-state index >= 15 is 0 Å². The van der Waals surface area contributed by atoms with E-state index < -0.39 is 0 Å². The number of piperidine rings is 1. The van der Waals surface area contributed by atoms with Crippen LogP contribution in [-0.2, 0) is 17.9 Å². The van der Waals surface area contributed by atoms with Crippen molar-refractivity contribution in [1.82, 2.24) is 20.4 Å². The van der Waals surface area contributed by atoms with Crippen molar-refractivity contribution in [3.63, 3.8) is 0 Å². The molecule has 1 amide bonds. The predicted octanol–water partition coefficient (Wildman–Crippen LogP) is 3.42. The molecule has 0 aliphatic carbocycles. The average Bonchev–Trinajstić information content (AvgIpc) is 3.32. The molecule has 0 bridgehead atoms. The van der Waals surface area contributed by atoms with E-state index in [4.69, 9.17) is 4.74 Å². The van der Waals surface area contributed by atoms with E-state index in [1.54, 1.807) is 7.05 Å². The Morgan fingerprint density at radius 1 is 1.06 bits per heavy atom. The van der Waals surface area contributed by atoms with E-state index in [9.17, 15) is 4.79 Å². The lowest BCUT2D eigenvalue weighted by Gasteiger charge is -2.38. The quantitative estimate of drug-likeness (QED) is 0.564. The van der Waals surface area contributed by atoms with Crippen LogP contribution in [0.1, 0.15) is 43.7 Å². The van der Waals surface area contributed by atoms with Crippen LogP contribution in [-0.4, -0.2) is 67.1 Å². The number of likely N-dealkylation sites (tertiary alicyclic amines) is 2. The number of amides is 1. The van der Waals surface area contributed by atoms with Gasteiger partial charge in [0.15, 0.2) is 0 Å². The molecule has 2 atom stereocenters. The highest BCUT2D eigenvalue weighted by Gasteiger charge is 2.40. The molecular weight excluding hydrogens is 424 g/mol. The van der Waals surface area contributed by atoms with Crippen LogP contribution in [0.25, 0.3) is 0 Å². The van der Waals surface area contributed by atoms with Crippen LogP contribution in [0.15, 0.2) is 54.6 Å². The summed E-state index contributed by atoms with van der Waals surface area (Å²) in [6.07, 6.45) is 4.38. The van der Waals surface area contributed by atoms with Gasteiger partial charge in [-0.2, -0.15) is 0 Å². The third kappa shape index (κ3) is 6.59. The maximum atomic E-state index is 12.7. The lowest BCUT2D eigenvalue weighted by Crippen LogP contribution is -2.51. The van der Waals surface area contributed by atoms with Gasteiger partial charge in [0.25, 0.3) is 0 Å². The first-order chi connectivity index (χ1) is 16.7. The smallest absolute Gasteiger partial charge is 0.237 e. The van der Waals surface area contributed by atoms with Crippen LogP contribution in [0.5, 0.6) is 5.75 Å². The maximum Gasteiger partial charge on any atom is 0.237 e. The molecule has 2 aliphatic heterocycles. The van der Waals surface area contributed by atoms with Gasteiger partial charge in [-0.3, -0.25) is 9.69 Å². The third-order valence-electron chi connectivity index (χ3n) is 7.20. The molecule has 2 aromatic carbocycles. The first kappa shape index (κ1) is 24.7. The lowest BCUT2D eigenvalue weighted by molar-refractivity contribution is -0.126. The van der Waals surface area contributed by atoms with Gasteiger partial charge in [-0.25, -0.2) is 0 Å². The minimum absolute atomic E-state index is 0.0363. The molecule has 2 aromatic rings. The Morgan fingerprint density at radius 2 is 1.82 bits per heavy atom. The number of likely N-dealkylation sites (N-methyl/N-ethyl adjacent to an activating group) is 1. The van der Waals surface area contributed by atoms with Crippen molar-refractivity contribution in [2.24, 2.45) is 0 Å². The number of hydrogen-bond acceptors (Lipinski definition) is 5. The first-order valence-electron chi connectivity index (χ1n) is 12.8. The van der Waals surface area contributed by atoms with E-state index in [-0.39, 0.29) is 11.9 Å². The Hall–Kier alpha value is -2.41. The standard InChI is InChI=1S/C28H40N4O2/c1-3-14-31-15-12-25(13-16-31)32-20-24(18-27(32)28(33)29-2)30-19-23-10-7-11-26(17-23)34-21-22-8-5-4-6-9-22/h4-11,17,24-25,27,30H,3,12-16,18-21H2,1-2H3,(H,29,33)/t24-,27+/m1/s1. The highest BCUT2D eigenvalue weighted by Crippen LogP contribution is 2.27. The molecule has 2 aliphatic rings. The molecule has 2 N–H and O–H groups in total. The first-order valence-corrected chi connectivity index (χ1v) is 12.8. The molecule has 0 unspecified atom stereocenters. The number of benzene rings is 2. The number of nitrogens with one attached hydrogen (secondary N) is 2. The molecule has 0 spiro atoms. The molecule has 0 radical (unpaired) electrons. The fourth-order valence-corrected chi connectivity index (χ4v) is 5.38. The SMILES string of the molecule is CCCN1CCC(N2C[C@H](NCc3cccc(OCc4ccccc4)c3)C[C@H]2C(=O)NC)CC1. The van der Waals surface area contributed by atoms with Crippen molar-refractivity contribution in [3.8, 4) is 5.75 Å². The molecule has 6 heteroatoms. The number of carbonyl (C=O) groups is 1. The Morgan fingerprint density at radius 3 is 2.56 bits per heavy atom. The number of carbonyl (C=O) groups excluding carboxylic acids is 1. The molecule has 6 nitrogen and oxygen atoms in total. The van der Waals surface area contributed by atoms with Gasteiger partial charge in [-0.05, 0) is 68.6 Å². The van der Waals surface area contributed by atoms with Crippen molar-refractivity contribution < 1.29 is 9.53 Å². The largest absolute Gasteiger partial charge is 0.489 e. The van der Waals surface area contributed by atoms with Gasteiger partial charge in [-0.15, -0.1) is 0 Å². The maximum absolute atomic E-state index is 12.7. The summed E-state index contributed by atoms with van der Waals surface area (Å²) < 4.78 is 6.00. The number of hydrogen-bond donors (Lipinski definition) is 2. The summed E-state index contributed by atoms with van der Waals surface area (Å²) in [5.74, 6) is 1.04. The molecule has 2 fully saturated rings. The zero-order chi connectivity index (χ0) is 23.8. The van der Waals surface area contributed by atoms with Gasteiger partial charge >= 0.3 is 0 Å². The summed E-state index contributed by atoms with van der Waals surface area (Å²) in [6, 6.07) is 19.3. The van der Waals surface area contributed by atoms with E-state index in [2.05, 4.69) is 57.7 Å². The van der Waals surface area contributed by atoms with Crippen LogP contribution < -0.4 is 15.4 Å². The summed E-state index contributed by atoms with van der Waals surface area (Å²) in [4.78, 5) is 17.7. The number of ether oxygens (including phenoxy) is 1. The van der Waals surface area contributed by atoms with Gasteiger partial charge in [-0.1, -0.05) is 49.4 Å². The monoisotopic (exact) mass is 464 g/mol. The van der Waals surface area contributed by atoms with Crippen LogP contribution in [0, 0.1) is 0 Å². The van der Waals surface area contributed by atoms with Crippen LogP contribution in [0.2, 0.25) is 0 Å². The van der Waals surface area contributed by atoms with Crippen molar-refractivity contribution >= 4 is 5.91 Å². The van der Waals surface area contributed by atoms with E-state index in [0.29, 0.717) is 18.7 Å². The Bertz CT molecular complexity index is 898. The molecule has 4 rings (SSSR count).